The van der Waals surface area contributed by atoms with Crippen LogP contribution in [0.15, 0.2) is 18.2 Å². The van der Waals surface area contributed by atoms with Crippen LogP contribution >= 0.6 is 0 Å². The predicted octanol–water partition coefficient (Wildman–Crippen LogP) is 2.40. The number of urea groups is 1. The first-order chi connectivity index (χ1) is 11.2. The first-order valence-electron chi connectivity index (χ1n) is 7.97. The van der Waals surface area contributed by atoms with Gasteiger partial charge in [0.1, 0.15) is 0 Å². The number of carbonyl (C=O) groups excluding carboxylic acids is 1. The van der Waals surface area contributed by atoms with Crippen molar-refractivity contribution in [1.29, 1.82) is 0 Å². The number of nitrogens with one attached hydrogen (secondary N) is 2. The fourth-order valence-electron chi connectivity index (χ4n) is 2.58. The van der Waals surface area contributed by atoms with E-state index in [4.69, 9.17) is 4.74 Å². The molecule has 8 heteroatoms. The van der Waals surface area contributed by atoms with Crippen molar-refractivity contribution < 1.29 is 17.9 Å². The predicted molar refractivity (Wildman–Crippen MR) is 94.9 cm³/mol. The summed E-state index contributed by atoms with van der Waals surface area (Å²) in [6, 6.07) is 4.78. The first-order valence-corrected chi connectivity index (χ1v) is 9.86. The van der Waals surface area contributed by atoms with Crippen molar-refractivity contribution in [1.82, 2.24) is 4.90 Å². The van der Waals surface area contributed by atoms with Gasteiger partial charge in [0.05, 0.1) is 18.0 Å². The van der Waals surface area contributed by atoms with Crippen LogP contribution in [-0.2, 0) is 14.8 Å². The topological polar surface area (TPSA) is 87.7 Å². The van der Waals surface area contributed by atoms with Crippen molar-refractivity contribution in [3.63, 3.8) is 0 Å². The summed E-state index contributed by atoms with van der Waals surface area (Å²) in [7, 11) is -1.64. The molecule has 1 aromatic rings. The van der Waals surface area contributed by atoms with E-state index in [1.165, 1.54) is 0 Å². The van der Waals surface area contributed by atoms with Crippen LogP contribution in [0.2, 0.25) is 0 Å². The second-order valence-corrected chi connectivity index (χ2v) is 7.95. The lowest BCUT2D eigenvalue weighted by atomic mass is 10.1. The van der Waals surface area contributed by atoms with Crippen LogP contribution in [0, 0.1) is 6.92 Å². The Balaban J connectivity index is 2.00. The van der Waals surface area contributed by atoms with Gasteiger partial charge in [-0.05, 0) is 43.9 Å². The van der Waals surface area contributed by atoms with Gasteiger partial charge >= 0.3 is 6.03 Å². The number of amides is 2. The van der Waals surface area contributed by atoms with Crippen LogP contribution < -0.4 is 10.0 Å². The molecule has 0 aromatic heterocycles. The molecule has 1 unspecified atom stereocenters. The summed E-state index contributed by atoms with van der Waals surface area (Å²) in [5, 5.41) is 2.82. The highest BCUT2D eigenvalue weighted by atomic mass is 32.2. The normalized spacial score (nSPS) is 18.0. The van der Waals surface area contributed by atoms with Crippen LogP contribution in [0.1, 0.15) is 24.8 Å². The Morgan fingerprint density at radius 3 is 2.75 bits per heavy atom. The number of rotatable bonds is 5. The molecule has 1 aromatic carbocycles. The number of ether oxygens (including phenoxy) is 1. The molecule has 2 rings (SSSR count). The Bertz CT molecular complexity index is 685. The Hall–Kier alpha value is -1.80. The van der Waals surface area contributed by atoms with Crippen LogP contribution in [-0.4, -0.2) is 51.9 Å². The molecule has 1 atom stereocenters. The van der Waals surface area contributed by atoms with Crippen molar-refractivity contribution in [2.75, 3.05) is 36.5 Å². The van der Waals surface area contributed by atoms with Gasteiger partial charge in [0, 0.05) is 25.9 Å². The molecule has 134 valence electrons. The lowest BCUT2D eigenvalue weighted by molar-refractivity contribution is 0.00463. The quantitative estimate of drug-likeness (QED) is 0.849. The molecule has 7 nitrogen and oxygen atoms in total. The summed E-state index contributed by atoms with van der Waals surface area (Å²) >= 11 is 0. The van der Waals surface area contributed by atoms with E-state index in [1.54, 1.807) is 30.1 Å². The molecule has 1 aliphatic heterocycles. The molecule has 0 bridgehead atoms. The number of aryl methyl sites for hydroxylation is 1. The average molecular weight is 355 g/mol. The van der Waals surface area contributed by atoms with Crippen molar-refractivity contribution in [3.8, 4) is 0 Å². The fourth-order valence-corrected chi connectivity index (χ4v) is 3.14. The van der Waals surface area contributed by atoms with Gasteiger partial charge in [-0.1, -0.05) is 6.07 Å². The average Bonchev–Trinajstić information content (AvgIpc) is 2.50. The molecule has 1 aliphatic rings. The molecule has 1 heterocycles. The molecule has 0 radical (unpaired) electrons. The highest BCUT2D eigenvalue weighted by Crippen LogP contribution is 2.21. The molecule has 1 fully saturated rings. The number of carbonyl (C=O) groups is 1. The Morgan fingerprint density at radius 1 is 1.38 bits per heavy atom. The first kappa shape index (κ1) is 18.5. The Kier molecular flexibility index (Phi) is 6.06. The molecule has 0 saturated carbocycles. The minimum Gasteiger partial charge on any atom is -0.376 e. The van der Waals surface area contributed by atoms with Gasteiger partial charge in [-0.3, -0.25) is 4.72 Å². The van der Waals surface area contributed by atoms with Crippen molar-refractivity contribution in [2.24, 2.45) is 0 Å². The molecule has 24 heavy (non-hydrogen) atoms. The summed E-state index contributed by atoms with van der Waals surface area (Å²) in [4.78, 5) is 13.9. The third kappa shape index (κ3) is 5.68. The zero-order valence-electron chi connectivity index (χ0n) is 14.3. The highest BCUT2D eigenvalue weighted by molar-refractivity contribution is 7.92. The zero-order chi connectivity index (χ0) is 17.7. The van der Waals surface area contributed by atoms with E-state index in [1.807, 2.05) is 6.92 Å². The van der Waals surface area contributed by atoms with Crippen LogP contribution in [0.5, 0.6) is 0 Å². The second kappa shape index (κ2) is 7.85. The molecular formula is C16H25N3O4S. The van der Waals surface area contributed by atoms with Gasteiger partial charge < -0.3 is 15.0 Å². The van der Waals surface area contributed by atoms with Gasteiger partial charge in [-0.15, -0.1) is 0 Å². The third-order valence-corrected chi connectivity index (χ3v) is 4.49. The Labute approximate surface area is 143 Å². The minimum absolute atomic E-state index is 0.0776. The standard InChI is InChI=1S/C16H25N3O4S/c1-12-7-8-13(18-24(3,21)22)10-15(12)17-16(20)19(2)11-14-6-4-5-9-23-14/h7-8,10,14,18H,4-6,9,11H2,1-3H3,(H,17,20). The molecule has 0 aliphatic carbocycles. The lowest BCUT2D eigenvalue weighted by Gasteiger charge is -2.27. The zero-order valence-corrected chi connectivity index (χ0v) is 15.1. The van der Waals surface area contributed by atoms with Crippen LogP contribution in [0.3, 0.4) is 0 Å². The summed E-state index contributed by atoms with van der Waals surface area (Å²) in [6.45, 7) is 3.13. The monoisotopic (exact) mass is 355 g/mol. The van der Waals surface area contributed by atoms with E-state index in [0.717, 1.165) is 37.7 Å². The largest absolute Gasteiger partial charge is 0.376 e. The lowest BCUT2D eigenvalue weighted by Crippen LogP contribution is -2.39. The van der Waals surface area contributed by atoms with Gasteiger partial charge in [-0.2, -0.15) is 0 Å². The van der Waals surface area contributed by atoms with Crippen molar-refractivity contribution in [2.45, 2.75) is 32.3 Å². The molecule has 2 N–H and O–H groups in total. The minimum atomic E-state index is -3.36. The second-order valence-electron chi connectivity index (χ2n) is 6.20. The summed E-state index contributed by atoms with van der Waals surface area (Å²) < 4.78 is 30.7. The van der Waals surface area contributed by atoms with Gasteiger partial charge in [0.25, 0.3) is 0 Å². The number of benzene rings is 1. The van der Waals surface area contributed by atoms with E-state index < -0.39 is 10.0 Å². The Morgan fingerprint density at radius 2 is 2.12 bits per heavy atom. The number of anilines is 2. The highest BCUT2D eigenvalue weighted by Gasteiger charge is 2.19. The number of sulfonamides is 1. The van der Waals surface area contributed by atoms with Crippen LogP contribution in [0.4, 0.5) is 16.2 Å². The summed E-state index contributed by atoms with van der Waals surface area (Å²) in [6.07, 6.45) is 4.33. The molecule has 0 spiro atoms. The number of likely N-dealkylation sites (N-methyl/N-ethyl adjacent to an activating group) is 1. The summed E-state index contributed by atoms with van der Waals surface area (Å²) in [5.41, 5.74) is 1.84. The van der Waals surface area contributed by atoms with E-state index in [0.29, 0.717) is 17.9 Å². The maximum atomic E-state index is 12.4. The smallest absolute Gasteiger partial charge is 0.321 e. The maximum absolute atomic E-state index is 12.4. The number of hydrogen-bond donors (Lipinski definition) is 2. The fraction of sp³-hybridized carbons (Fsp3) is 0.562. The van der Waals surface area contributed by atoms with Gasteiger partial charge in [0.2, 0.25) is 10.0 Å². The van der Waals surface area contributed by atoms with Gasteiger partial charge in [0.15, 0.2) is 0 Å². The summed E-state index contributed by atoms with van der Waals surface area (Å²) in [5.74, 6) is 0. The van der Waals surface area contributed by atoms with Crippen LogP contribution in [0.25, 0.3) is 0 Å². The van der Waals surface area contributed by atoms with E-state index in [9.17, 15) is 13.2 Å². The molecular weight excluding hydrogens is 330 g/mol. The van der Waals surface area contributed by atoms with E-state index in [-0.39, 0.29) is 12.1 Å². The molecule has 1 saturated heterocycles. The van der Waals surface area contributed by atoms with Crippen molar-refractivity contribution in [3.05, 3.63) is 23.8 Å². The number of nitrogens with zero attached hydrogens (tertiary/aromatic N) is 1. The third-order valence-electron chi connectivity index (χ3n) is 3.88. The maximum Gasteiger partial charge on any atom is 0.321 e. The number of hydrogen-bond acceptors (Lipinski definition) is 4. The van der Waals surface area contributed by atoms with Crippen molar-refractivity contribution >= 4 is 27.4 Å². The van der Waals surface area contributed by atoms with E-state index >= 15 is 0 Å². The SMILES string of the molecule is Cc1ccc(NS(C)(=O)=O)cc1NC(=O)N(C)CC1CCCCO1. The van der Waals surface area contributed by atoms with Gasteiger partial charge in [-0.25, -0.2) is 13.2 Å². The molecule has 2 amide bonds. The van der Waals surface area contributed by atoms with E-state index in [2.05, 4.69) is 10.0 Å².